The van der Waals surface area contributed by atoms with Gasteiger partial charge in [0.15, 0.2) is 5.69 Å². The van der Waals surface area contributed by atoms with E-state index >= 15 is 0 Å². The second kappa shape index (κ2) is 6.57. The fourth-order valence-corrected chi connectivity index (χ4v) is 2.23. The number of nitrogens with one attached hydrogen (secondary N) is 1. The van der Waals surface area contributed by atoms with Gasteiger partial charge in [-0.2, -0.15) is 5.26 Å². The lowest BCUT2D eigenvalue weighted by Gasteiger charge is -2.19. The molecule has 0 aliphatic rings. The number of hydrogen-bond acceptors (Lipinski definition) is 6. The minimum absolute atomic E-state index is 0.187. The van der Waals surface area contributed by atoms with Crippen molar-refractivity contribution in [2.75, 3.05) is 5.32 Å². The topological polar surface area (TPSA) is 122 Å². The first-order valence-corrected chi connectivity index (χ1v) is 7.38. The van der Waals surface area contributed by atoms with Crippen molar-refractivity contribution < 1.29 is 9.85 Å². The van der Waals surface area contributed by atoms with Crippen LogP contribution in [0.3, 0.4) is 0 Å². The minimum atomic E-state index is -0.645. The molecule has 0 saturated heterocycles. The van der Waals surface area contributed by atoms with E-state index in [1.165, 1.54) is 36.4 Å². The third kappa shape index (κ3) is 3.90. The van der Waals surface area contributed by atoms with Crippen molar-refractivity contribution >= 4 is 22.7 Å². The SMILES string of the molecule is CC(C)(C)c1cc([N+](=O)[O-])c(Nc2ccc(C#N)cc2)c([N+](=O)[O-])c1. The Hall–Kier alpha value is -3.47. The minimum Gasteiger partial charge on any atom is -0.344 e. The Morgan fingerprint density at radius 3 is 1.84 bits per heavy atom. The monoisotopic (exact) mass is 340 g/mol. The van der Waals surface area contributed by atoms with E-state index in [1.54, 1.807) is 0 Å². The van der Waals surface area contributed by atoms with Gasteiger partial charge in [0.25, 0.3) is 11.4 Å². The van der Waals surface area contributed by atoms with Crippen LogP contribution in [-0.2, 0) is 5.41 Å². The lowest BCUT2D eigenvalue weighted by atomic mass is 9.86. The van der Waals surface area contributed by atoms with Crippen molar-refractivity contribution in [3.8, 4) is 6.07 Å². The molecule has 0 aliphatic heterocycles. The quantitative estimate of drug-likeness (QED) is 0.649. The molecule has 8 nitrogen and oxygen atoms in total. The zero-order valence-corrected chi connectivity index (χ0v) is 13.9. The van der Waals surface area contributed by atoms with E-state index in [9.17, 15) is 20.2 Å². The maximum atomic E-state index is 11.5. The molecule has 1 N–H and O–H groups in total. The molecular formula is C17H16N4O4. The third-order valence-corrected chi connectivity index (χ3v) is 3.64. The summed E-state index contributed by atoms with van der Waals surface area (Å²) >= 11 is 0. The molecule has 25 heavy (non-hydrogen) atoms. The van der Waals surface area contributed by atoms with Crippen molar-refractivity contribution in [2.24, 2.45) is 0 Å². The number of benzene rings is 2. The van der Waals surface area contributed by atoms with Gasteiger partial charge in [0.2, 0.25) is 0 Å². The van der Waals surface area contributed by atoms with Crippen molar-refractivity contribution in [2.45, 2.75) is 26.2 Å². The summed E-state index contributed by atoms with van der Waals surface area (Å²) in [6.07, 6.45) is 0. The second-order valence-electron chi connectivity index (χ2n) is 6.47. The highest BCUT2D eigenvalue weighted by Gasteiger charge is 2.30. The molecule has 0 fully saturated rings. The first-order valence-electron chi connectivity index (χ1n) is 7.38. The zero-order chi connectivity index (χ0) is 18.8. The molecule has 0 radical (unpaired) electrons. The van der Waals surface area contributed by atoms with Gasteiger partial charge in [-0.15, -0.1) is 0 Å². The van der Waals surface area contributed by atoms with Gasteiger partial charge in [-0.3, -0.25) is 20.2 Å². The average molecular weight is 340 g/mol. The molecule has 0 aliphatic carbocycles. The maximum absolute atomic E-state index is 11.5. The molecule has 2 rings (SSSR count). The van der Waals surface area contributed by atoms with E-state index in [-0.39, 0.29) is 17.1 Å². The summed E-state index contributed by atoms with van der Waals surface area (Å²) in [5.74, 6) is 0. The molecule has 0 atom stereocenters. The maximum Gasteiger partial charge on any atom is 0.300 e. The Balaban J connectivity index is 2.63. The van der Waals surface area contributed by atoms with Crippen molar-refractivity contribution in [1.82, 2.24) is 0 Å². The van der Waals surface area contributed by atoms with Crippen LogP contribution < -0.4 is 5.32 Å². The highest BCUT2D eigenvalue weighted by atomic mass is 16.6. The Kier molecular flexibility index (Phi) is 4.70. The number of rotatable bonds is 4. The standard InChI is InChI=1S/C17H16N4O4/c1-17(2,3)12-8-14(20(22)23)16(15(9-12)21(24)25)19-13-6-4-11(10-18)5-7-13/h4-9,19H,1-3H3. The molecule has 2 aromatic carbocycles. The van der Waals surface area contributed by atoms with Crippen LogP contribution in [0.15, 0.2) is 36.4 Å². The fourth-order valence-electron chi connectivity index (χ4n) is 2.23. The van der Waals surface area contributed by atoms with E-state index in [0.29, 0.717) is 16.8 Å². The predicted molar refractivity (Wildman–Crippen MR) is 92.9 cm³/mol. The number of hydrogen-bond donors (Lipinski definition) is 1. The van der Waals surface area contributed by atoms with Crippen LogP contribution in [-0.4, -0.2) is 9.85 Å². The first-order chi connectivity index (χ1) is 11.6. The number of anilines is 2. The van der Waals surface area contributed by atoms with Crippen LogP contribution in [0.4, 0.5) is 22.7 Å². The van der Waals surface area contributed by atoms with E-state index in [0.717, 1.165) is 0 Å². The van der Waals surface area contributed by atoms with Gasteiger partial charge in [-0.1, -0.05) is 20.8 Å². The molecule has 0 unspecified atom stereocenters. The molecular weight excluding hydrogens is 324 g/mol. The number of nitro benzene ring substituents is 2. The summed E-state index contributed by atoms with van der Waals surface area (Å²) in [5.41, 5.74) is -0.0926. The number of nitro groups is 2. The lowest BCUT2D eigenvalue weighted by molar-refractivity contribution is -0.392. The molecule has 0 saturated carbocycles. The fraction of sp³-hybridized carbons (Fsp3) is 0.235. The Morgan fingerprint density at radius 2 is 1.48 bits per heavy atom. The van der Waals surface area contributed by atoms with E-state index in [2.05, 4.69) is 5.32 Å². The van der Waals surface area contributed by atoms with Crippen LogP contribution in [0.1, 0.15) is 31.9 Å². The summed E-state index contributed by atoms with van der Waals surface area (Å²) in [4.78, 5) is 21.6. The van der Waals surface area contributed by atoms with Crippen LogP contribution in [0.2, 0.25) is 0 Å². The van der Waals surface area contributed by atoms with Gasteiger partial charge in [0, 0.05) is 17.8 Å². The third-order valence-electron chi connectivity index (χ3n) is 3.64. The van der Waals surface area contributed by atoms with Crippen LogP contribution in [0.25, 0.3) is 0 Å². The molecule has 2 aromatic rings. The van der Waals surface area contributed by atoms with E-state index < -0.39 is 15.3 Å². The molecule has 128 valence electrons. The molecule has 0 spiro atoms. The smallest absolute Gasteiger partial charge is 0.300 e. The molecule has 8 heteroatoms. The van der Waals surface area contributed by atoms with Gasteiger partial charge in [0.05, 0.1) is 21.5 Å². The molecule has 0 heterocycles. The van der Waals surface area contributed by atoms with Crippen LogP contribution in [0.5, 0.6) is 0 Å². The van der Waals surface area contributed by atoms with Gasteiger partial charge in [-0.05, 0) is 35.2 Å². The largest absolute Gasteiger partial charge is 0.344 e. The normalized spacial score (nSPS) is 10.8. The highest BCUT2D eigenvalue weighted by molar-refractivity contribution is 5.80. The summed E-state index contributed by atoms with van der Waals surface area (Å²) in [7, 11) is 0. The Morgan fingerprint density at radius 1 is 1.00 bits per heavy atom. The second-order valence-corrected chi connectivity index (χ2v) is 6.47. The highest BCUT2D eigenvalue weighted by Crippen LogP contribution is 2.40. The summed E-state index contributed by atoms with van der Waals surface area (Å²) in [6.45, 7) is 5.47. The van der Waals surface area contributed by atoms with Gasteiger partial charge in [0.1, 0.15) is 0 Å². The van der Waals surface area contributed by atoms with Crippen LogP contribution in [0, 0.1) is 31.6 Å². The number of nitriles is 1. The van der Waals surface area contributed by atoms with Crippen LogP contribution >= 0.6 is 0 Å². The average Bonchev–Trinajstić information content (AvgIpc) is 2.54. The molecule has 0 aromatic heterocycles. The van der Waals surface area contributed by atoms with Gasteiger partial charge in [-0.25, -0.2) is 0 Å². The summed E-state index contributed by atoms with van der Waals surface area (Å²) in [5, 5.41) is 34.5. The van der Waals surface area contributed by atoms with Crippen molar-refractivity contribution in [3.63, 3.8) is 0 Å². The molecule has 0 amide bonds. The molecule has 0 bridgehead atoms. The van der Waals surface area contributed by atoms with Crippen molar-refractivity contribution in [1.29, 1.82) is 5.26 Å². The Bertz CT molecular complexity index is 842. The van der Waals surface area contributed by atoms with Crippen molar-refractivity contribution in [3.05, 3.63) is 67.8 Å². The van der Waals surface area contributed by atoms with E-state index in [1.807, 2.05) is 26.8 Å². The predicted octanol–water partition coefficient (Wildman–Crippen LogP) is 4.42. The number of nitrogens with zero attached hydrogens (tertiary/aromatic N) is 3. The Labute approximate surface area is 144 Å². The van der Waals surface area contributed by atoms with E-state index in [4.69, 9.17) is 5.26 Å². The zero-order valence-electron chi connectivity index (χ0n) is 13.9. The summed E-state index contributed by atoms with van der Waals surface area (Å²) < 4.78 is 0. The van der Waals surface area contributed by atoms with Gasteiger partial charge < -0.3 is 5.32 Å². The summed E-state index contributed by atoms with van der Waals surface area (Å²) in [6, 6.07) is 10.7. The van der Waals surface area contributed by atoms with Gasteiger partial charge >= 0.3 is 0 Å². The lowest BCUT2D eigenvalue weighted by Crippen LogP contribution is -2.13. The first kappa shape index (κ1) is 17.9.